The van der Waals surface area contributed by atoms with Crippen molar-refractivity contribution in [1.82, 2.24) is 10.2 Å². The summed E-state index contributed by atoms with van der Waals surface area (Å²) in [6.07, 6.45) is 1.74. The van der Waals surface area contributed by atoms with Crippen molar-refractivity contribution in [2.75, 3.05) is 13.1 Å². The Morgan fingerprint density at radius 2 is 1.58 bits per heavy atom. The molecule has 2 unspecified atom stereocenters. The van der Waals surface area contributed by atoms with Gasteiger partial charge in [0.25, 0.3) is 0 Å². The second-order valence-corrected chi connectivity index (χ2v) is 4.57. The molecule has 110 valence electrons. The smallest absolute Gasteiger partial charge is 0.317 e. The molecule has 7 heteroatoms. The van der Waals surface area contributed by atoms with Crippen molar-refractivity contribution >= 4 is 17.8 Å². The van der Waals surface area contributed by atoms with Crippen LogP contribution in [0.15, 0.2) is 0 Å². The molecule has 0 aromatic carbocycles. The first kappa shape index (κ1) is 17.4. The molecule has 0 rings (SSSR count). The SMILES string of the molecule is CCCC(C)NC(=O)C(C)N(CC(=O)O)CC(=O)O. The lowest BCUT2D eigenvalue weighted by Gasteiger charge is -2.26. The van der Waals surface area contributed by atoms with E-state index in [1.54, 1.807) is 0 Å². The summed E-state index contributed by atoms with van der Waals surface area (Å²) in [5, 5.41) is 20.2. The van der Waals surface area contributed by atoms with E-state index in [2.05, 4.69) is 5.32 Å². The Morgan fingerprint density at radius 1 is 1.11 bits per heavy atom. The molecular formula is C12H22N2O5. The van der Waals surface area contributed by atoms with Crippen LogP contribution in [0, 0.1) is 0 Å². The number of nitrogens with one attached hydrogen (secondary N) is 1. The van der Waals surface area contributed by atoms with E-state index in [1.165, 1.54) is 6.92 Å². The summed E-state index contributed by atoms with van der Waals surface area (Å²) in [6.45, 7) is 4.38. The molecule has 0 bridgehead atoms. The van der Waals surface area contributed by atoms with Gasteiger partial charge in [-0.25, -0.2) is 0 Å². The third-order valence-corrected chi connectivity index (χ3v) is 2.71. The lowest BCUT2D eigenvalue weighted by atomic mass is 10.1. The second kappa shape index (κ2) is 8.47. The molecule has 1 amide bonds. The molecule has 19 heavy (non-hydrogen) atoms. The number of rotatable bonds is 9. The number of hydrogen-bond acceptors (Lipinski definition) is 4. The molecule has 3 N–H and O–H groups in total. The molecule has 0 aromatic heterocycles. The van der Waals surface area contributed by atoms with Crippen LogP contribution in [0.4, 0.5) is 0 Å². The largest absolute Gasteiger partial charge is 0.480 e. The summed E-state index contributed by atoms with van der Waals surface area (Å²) in [5.41, 5.74) is 0. The molecule has 0 aliphatic carbocycles. The molecule has 0 aliphatic heterocycles. The van der Waals surface area contributed by atoms with Gasteiger partial charge < -0.3 is 15.5 Å². The predicted octanol–water partition coefficient (Wildman–Crippen LogP) is 0.151. The number of carboxylic acid groups (broad SMARTS) is 2. The average Bonchev–Trinajstić information content (AvgIpc) is 2.25. The van der Waals surface area contributed by atoms with E-state index in [0.717, 1.165) is 17.7 Å². The molecule has 0 spiro atoms. The summed E-state index contributed by atoms with van der Waals surface area (Å²) < 4.78 is 0. The van der Waals surface area contributed by atoms with Crippen LogP contribution in [-0.4, -0.2) is 58.1 Å². The van der Waals surface area contributed by atoms with E-state index in [1.807, 2.05) is 13.8 Å². The van der Waals surface area contributed by atoms with Gasteiger partial charge in [0.2, 0.25) is 5.91 Å². The van der Waals surface area contributed by atoms with E-state index < -0.39 is 31.1 Å². The number of carbonyl (C=O) groups excluding carboxylic acids is 1. The van der Waals surface area contributed by atoms with Gasteiger partial charge in [0.05, 0.1) is 19.1 Å². The lowest BCUT2D eigenvalue weighted by molar-refractivity contribution is -0.144. The number of carboxylic acids is 2. The van der Waals surface area contributed by atoms with E-state index in [9.17, 15) is 14.4 Å². The Bertz CT molecular complexity index is 316. The Morgan fingerprint density at radius 3 is 1.95 bits per heavy atom. The van der Waals surface area contributed by atoms with Gasteiger partial charge in [-0.15, -0.1) is 0 Å². The Hall–Kier alpha value is -1.63. The minimum Gasteiger partial charge on any atom is -0.480 e. The highest BCUT2D eigenvalue weighted by Gasteiger charge is 2.25. The summed E-state index contributed by atoms with van der Waals surface area (Å²) in [5.74, 6) is -2.69. The van der Waals surface area contributed by atoms with Crippen LogP contribution in [0.2, 0.25) is 0 Å². The van der Waals surface area contributed by atoms with Crippen molar-refractivity contribution in [1.29, 1.82) is 0 Å². The minimum atomic E-state index is -1.16. The fourth-order valence-electron chi connectivity index (χ4n) is 1.71. The van der Waals surface area contributed by atoms with Gasteiger partial charge in [0, 0.05) is 6.04 Å². The zero-order valence-corrected chi connectivity index (χ0v) is 11.5. The number of carbonyl (C=O) groups is 3. The van der Waals surface area contributed by atoms with E-state index in [-0.39, 0.29) is 11.9 Å². The van der Waals surface area contributed by atoms with Crippen molar-refractivity contribution in [2.24, 2.45) is 0 Å². The van der Waals surface area contributed by atoms with Gasteiger partial charge in [-0.05, 0) is 20.3 Å². The van der Waals surface area contributed by atoms with Crippen LogP contribution in [0.1, 0.15) is 33.6 Å². The predicted molar refractivity (Wildman–Crippen MR) is 68.8 cm³/mol. The van der Waals surface area contributed by atoms with Crippen molar-refractivity contribution in [3.63, 3.8) is 0 Å². The maximum absolute atomic E-state index is 11.9. The van der Waals surface area contributed by atoms with E-state index in [4.69, 9.17) is 10.2 Å². The highest BCUT2D eigenvalue weighted by atomic mass is 16.4. The molecule has 0 saturated heterocycles. The Balaban J connectivity index is 4.58. The fraction of sp³-hybridized carbons (Fsp3) is 0.750. The Labute approximate surface area is 112 Å². The molecular weight excluding hydrogens is 252 g/mol. The fourth-order valence-corrected chi connectivity index (χ4v) is 1.71. The van der Waals surface area contributed by atoms with Crippen molar-refractivity contribution in [3.8, 4) is 0 Å². The van der Waals surface area contributed by atoms with Crippen molar-refractivity contribution < 1.29 is 24.6 Å². The number of aliphatic carboxylic acids is 2. The third-order valence-electron chi connectivity index (χ3n) is 2.71. The van der Waals surface area contributed by atoms with Gasteiger partial charge in [-0.3, -0.25) is 19.3 Å². The molecule has 0 aromatic rings. The molecule has 0 radical (unpaired) electrons. The zero-order valence-electron chi connectivity index (χ0n) is 11.5. The lowest BCUT2D eigenvalue weighted by Crippen LogP contribution is -2.50. The van der Waals surface area contributed by atoms with Crippen molar-refractivity contribution in [3.05, 3.63) is 0 Å². The summed E-state index contributed by atoms with van der Waals surface area (Å²) in [7, 11) is 0. The summed E-state index contributed by atoms with van der Waals surface area (Å²) in [6, 6.07) is -0.817. The number of nitrogens with zero attached hydrogens (tertiary/aromatic N) is 1. The number of amides is 1. The van der Waals surface area contributed by atoms with Crippen LogP contribution >= 0.6 is 0 Å². The van der Waals surface area contributed by atoms with Gasteiger partial charge in [0.1, 0.15) is 0 Å². The van der Waals surface area contributed by atoms with Gasteiger partial charge >= 0.3 is 11.9 Å². The maximum atomic E-state index is 11.9. The average molecular weight is 274 g/mol. The van der Waals surface area contributed by atoms with Crippen molar-refractivity contribution in [2.45, 2.75) is 45.7 Å². The molecule has 2 atom stereocenters. The molecule has 0 saturated carbocycles. The molecule has 0 fully saturated rings. The molecule has 0 aliphatic rings. The standard InChI is InChI=1S/C12H22N2O5/c1-4-5-8(2)13-12(19)9(3)14(6-10(15)16)7-11(17)18/h8-9H,4-7H2,1-3H3,(H,13,19)(H,15,16)(H,17,18). The van der Waals surface area contributed by atoms with Crippen LogP contribution in [0.5, 0.6) is 0 Å². The summed E-state index contributed by atoms with van der Waals surface area (Å²) in [4.78, 5) is 34.4. The van der Waals surface area contributed by atoms with E-state index in [0.29, 0.717) is 0 Å². The monoisotopic (exact) mass is 274 g/mol. The number of hydrogen-bond donors (Lipinski definition) is 3. The van der Waals surface area contributed by atoms with Crippen LogP contribution in [-0.2, 0) is 14.4 Å². The minimum absolute atomic E-state index is 0.0172. The highest BCUT2D eigenvalue weighted by molar-refractivity contribution is 5.83. The zero-order chi connectivity index (χ0) is 15.0. The molecule has 7 nitrogen and oxygen atoms in total. The summed E-state index contributed by atoms with van der Waals surface area (Å²) >= 11 is 0. The van der Waals surface area contributed by atoms with Crippen LogP contribution in [0.25, 0.3) is 0 Å². The van der Waals surface area contributed by atoms with E-state index >= 15 is 0 Å². The Kier molecular flexibility index (Phi) is 7.74. The maximum Gasteiger partial charge on any atom is 0.317 e. The first-order chi connectivity index (χ1) is 8.77. The van der Waals surface area contributed by atoms with Crippen LogP contribution < -0.4 is 5.32 Å². The van der Waals surface area contributed by atoms with Gasteiger partial charge in [-0.1, -0.05) is 13.3 Å². The van der Waals surface area contributed by atoms with Gasteiger partial charge in [-0.2, -0.15) is 0 Å². The topological polar surface area (TPSA) is 107 Å². The second-order valence-electron chi connectivity index (χ2n) is 4.57. The first-order valence-electron chi connectivity index (χ1n) is 6.25. The quantitative estimate of drug-likeness (QED) is 0.552. The highest BCUT2D eigenvalue weighted by Crippen LogP contribution is 2.02. The third kappa shape index (κ3) is 7.40. The molecule has 0 heterocycles. The van der Waals surface area contributed by atoms with Crippen LogP contribution in [0.3, 0.4) is 0 Å². The van der Waals surface area contributed by atoms with Gasteiger partial charge in [0.15, 0.2) is 0 Å². The normalized spacial score (nSPS) is 13.9. The first-order valence-corrected chi connectivity index (χ1v) is 6.25.